The minimum absolute atomic E-state index is 0.0167. The third-order valence-corrected chi connectivity index (χ3v) is 23.8. The van der Waals surface area contributed by atoms with E-state index in [-0.39, 0.29) is 180 Å². The molecular formula is C101H126Cl2N8O24. The summed E-state index contributed by atoms with van der Waals surface area (Å²) < 4.78 is 21.3. The number of likely N-dealkylation sites (tertiary alicyclic amines) is 4. The zero-order chi connectivity index (χ0) is 97.0. The number of hydrogen-bond acceptors (Lipinski definition) is 28. The number of phenolic OH excluding ortho intramolecular Hbond substituents is 8. The number of rotatable bonds is 13. The molecule has 0 aliphatic carbocycles. The monoisotopic (exact) mass is 1900 g/mol. The molecule has 0 saturated carbocycles. The van der Waals surface area contributed by atoms with Crippen LogP contribution in [0.5, 0.6) is 46.0 Å². The van der Waals surface area contributed by atoms with Crippen molar-refractivity contribution in [2.24, 2.45) is 20.6 Å². The van der Waals surface area contributed by atoms with E-state index in [9.17, 15) is 79.2 Å². The topological polar surface area (TPSA) is 435 Å². The molecule has 0 atom stereocenters. The van der Waals surface area contributed by atoms with E-state index in [0.717, 1.165) is 208 Å². The molecule has 4 aromatic carbocycles. The van der Waals surface area contributed by atoms with Crippen LogP contribution in [0, 0.1) is 0 Å². The molecular weight excluding hydrogens is 1780 g/mol. The van der Waals surface area contributed by atoms with E-state index in [4.69, 9.17) is 61.5 Å². The van der Waals surface area contributed by atoms with Crippen molar-refractivity contribution in [1.29, 1.82) is 0 Å². The van der Waals surface area contributed by atoms with Crippen LogP contribution in [0.25, 0.3) is 0 Å². The van der Waals surface area contributed by atoms with Crippen molar-refractivity contribution >= 4 is 93.6 Å². The minimum atomic E-state index is -0.774. The lowest BCUT2D eigenvalue weighted by molar-refractivity contribution is -0.137. The van der Waals surface area contributed by atoms with Crippen LogP contribution in [0.3, 0.4) is 0 Å². The molecule has 4 aromatic rings. The van der Waals surface area contributed by atoms with Gasteiger partial charge in [-0.05, 0) is 233 Å². The zero-order valence-corrected chi connectivity index (χ0v) is 78.7. The van der Waals surface area contributed by atoms with Crippen LogP contribution in [0.15, 0.2) is 165 Å². The lowest BCUT2D eigenvalue weighted by atomic mass is 9.98. The summed E-state index contributed by atoms with van der Waals surface area (Å²) in [6.45, 7) is 15.3. The van der Waals surface area contributed by atoms with Crippen molar-refractivity contribution in [1.82, 2.24) is 19.6 Å². The lowest BCUT2D eigenvalue weighted by Gasteiger charge is -2.26. The SMILES string of the molecule is C/C1=C\C(=N/OCC(=O)N2CCCCC2)Cc2cc(O)cc(O)c2C(=O)OCC/C=C/CC1.C/C1=C\C(=N\OCC(=O)N2CCCCC2)Cc2c(Cl)c(O)cc(O)c2C(=O)OCC/C=C/CC1.C/C1=C\C(=N\OCC(=O)N2CCCCC2)Cc2cc(O)cc(O)c2C(=O)OCC/C=C/CC1.C=C/C1=C\CC/C=C/C(=N\OCC(=O)N2CCCCC2)Cc2c(Cl)c(O)cc(O)c2C(=O)OCC1. The Morgan fingerprint density at radius 2 is 0.667 bits per heavy atom. The van der Waals surface area contributed by atoms with Crippen LogP contribution in [0.4, 0.5) is 0 Å². The predicted molar refractivity (Wildman–Crippen MR) is 512 cm³/mol. The number of aromatic hydroxyl groups is 8. The first-order chi connectivity index (χ1) is 65.1. The van der Waals surface area contributed by atoms with Gasteiger partial charge in [-0.3, -0.25) is 19.2 Å². The van der Waals surface area contributed by atoms with Crippen LogP contribution >= 0.6 is 23.2 Å². The highest BCUT2D eigenvalue weighted by molar-refractivity contribution is 6.34. The van der Waals surface area contributed by atoms with E-state index < -0.39 is 35.4 Å². The minimum Gasteiger partial charge on any atom is -0.508 e. The molecule has 728 valence electrons. The number of piperidine rings is 4. The first kappa shape index (κ1) is 106. The van der Waals surface area contributed by atoms with Gasteiger partial charge in [-0.15, -0.1) is 0 Å². The molecule has 12 rings (SSSR count). The Balaban J connectivity index is 0.000000202. The van der Waals surface area contributed by atoms with Gasteiger partial charge in [0.05, 0.1) is 59.3 Å². The van der Waals surface area contributed by atoms with Gasteiger partial charge in [0, 0.05) is 109 Å². The number of allylic oxidation sites excluding steroid dienone is 13. The molecule has 8 aliphatic heterocycles. The molecule has 0 bridgehead atoms. The van der Waals surface area contributed by atoms with Gasteiger partial charge in [-0.2, -0.15) is 0 Å². The van der Waals surface area contributed by atoms with E-state index in [2.05, 4.69) is 27.2 Å². The van der Waals surface area contributed by atoms with Crippen molar-refractivity contribution in [2.75, 3.05) is 105 Å². The highest BCUT2D eigenvalue weighted by atomic mass is 35.5. The van der Waals surface area contributed by atoms with Crippen LogP contribution in [-0.4, -0.2) is 236 Å². The smallest absolute Gasteiger partial charge is 0.342 e. The summed E-state index contributed by atoms with van der Waals surface area (Å²) in [6.07, 6.45) is 45.8. The largest absolute Gasteiger partial charge is 0.508 e. The van der Waals surface area contributed by atoms with Crippen LogP contribution in [0.2, 0.25) is 10.0 Å². The zero-order valence-electron chi connectivity index (χ0n) is 77.2. The molecule has 8 N–H and O–H groups in total. The van der Waals surface area contributed by atoms with E-state index in [1.807, 2.05) is 81.5 Å². The van der Waals surface area contributed by atoms with Crippen molar-refractivity contribution in [3.05, 3.63) is 199 Å². The molecule has 4 amide bonds. The number of hydrogen-bond donors (Lipinski definition) is 8. The summed E-state index contributed by atoms with van der Waals surface area (Å²) >= 11 is 12.7. The normalized spacial score (nSPS) is 21.6. The number of oxime groups is 4. The van der Waals surface area contributed by atoms with Gasteiger partial charge >= 0.3 is 23.9 Å². The second-order valence-corrected chi connectivity index (χ2v) is 34.4. The number of amides is 4. The van der Waals surface area contributed by atoms with Crippen molar-refractivity contribution < 1.29 is 118 Å². The number of carbonyl (C=O) groups is 8. The summed E-state index contributed by atoms with van der Waals surface area (Å²) in [5.74, 6) is -6.06. The van der Waals surface area contributed by atoms with Gasteiger partial charge in [-0.1, -0.05) is 122 Å². The summed E-state index contributed by atoms with van der Waals surface area (Å²) in [5.41, 5.74) is 6.47. The average molecular weight is 1910 g/mol. The molecule has 8 aliphatic rings. The first-order valence-electron chi connectivity index (χ1n) is 46.2. The number of fused-ring (bicyclic) bond motifs is 4. The molecule has 0 spiro atoms. The molecule has 34 heteroatoms. The molecule has 8 heterocycles. The van der Waals surface area contributed by atoms with Crippen LogP contribution < -0.4 is 0 Å². The Kier molecular flexibility index (Phi) is 44.2. The predicted octanol–water partition coefficient (Wildman–Crippen LogP) is 16.9. The van der Waals surface area contributed by atoms with Gasteiger partial charge in [0.15, 0.2) is 26.4 Å². The molecule has 0 radical (unpaired) electrons. The highest BCUT2D eigenvalue weighted by Crippen LogP contribution is 2.40. The van der Waals surface area contributed by atoms with Crippen molar-refractivity contribution in [3.8, 4) is 46.0 Å². The number of esters is 4. The number of nitrogens with zero attached hydrogens (tertiary/aromatic N) is 8. The molecule has 4 fully saturated rings. The van der Waals surface area contributed by atoms with Gasteiger partial charge in [0.2, 0.25) is 0 Å². The number of carbonyl (C=O) groups excluding carboxylic acids is 8. The summed E-state index contributed by atoms with van der Waals surface area (Å²) in [4.78, 5) is 129. The Morgan fingerprint density at radius 3 is 1.01 bits per heavy atom. The molecule has 135 heavy (non-hydrogen) atoms. The number of phenols is 8. The van der Waals surface area contributed by atoms with E-state index in [1.165, 1.54) is 12.1 Å². The standard InChI is InChI=1S/C26H31ClN2O6.C25H31ClN2O6.2C25H32N2O6/c1-2-18-9-5-3-6-10-19(28-35-17-23(32)29-12-7-4-8-13-29)15-20-24(26(33)34-14-11-18)21(30)16-22(31)25(20)27;1-17-9-5-2-3-8-12-33-25(32)23-19(24(26)21(30)15-20(23)29)14-18(13-17)27-34-16-22(31)28-10-6-4-7-11-28;2*1-18-9-5-2-3-8-12-32-25(31)24-19(15-21(28)16-22(24)29)14-20(13-18)26-33-17-23(30)27-10-6-4-7-11-27/h2,6,9-10,16,30-31H,1,3-5,7-8,11-15,17H2;2-3,13,15,29-30H,4-12,14,16H2,1H3;2*2-3,13,15-16,28-29H,4-12,14,17H2,1H3/b10-6+,18-9+,28-19+;3-2+,17-13+,27-18-;3-2+,18-13+,26-20+;3-2+,18-13+,26-20-. The average Bonchev–Trinajstić information content (AvgIpc) is 0.793. The number of halogens is 2. The highest BCUT2D eigenvalue weighted by Gasteiger charge is 2.31. The Morgan fingerprint density at radius 1 is 0.363 bits per heavy atom. The second-order valence-electron chi connectivity index (χ2n) is 33.7. The maximum absolute atomic E-state index is 12.8. The number of ether oxygens (including phenoxy) is 4. The quantitative estimate of drug-likeness (QED) is 0.0267. The van der Waals surface area contributed by atoms with Gasteiger partial charge in [0.25, 0.3) is 23.6 Å². The Labute approximate surface area is 797 Å². The van der Waals surface area contributed by atoms with Crippen LogP contribution in [0.1, 0.15) is 239 Å². The van der Waals surface area contributed by atoms with E-state index in [0.29, 0.717) is 79.2 Å². The first-order valence-corrected chi connectivity index (χ1v) is 47.0. The Bertz CT molecular complexity index is 5040. The second kappa shape index (κ2) is 56.4. The van der Waals surface area contributed by atoms with E-state index >= 15 is 0 Å². The molecule has 0 aromatic heterocycles. The third kappa shape index (κ3) is 35.2. The van der Waals surface area contributed by atoms with Gasteiger partial charge in [0.1, 0.15) is 68.2 Å². The number of cyclic esters (lactones) is 4. The maximum Gasteiger partial charge on any atom is 0.342 e. The summed E-state index contributed by atoms with van der Waals surface area (Å²) in [6, 6.07) is 7.03. The third-order valence-electron chi connectivity index (χ3n) is 22.9. The molecule has 4 saturated heterocycles. The lowest BCUT2D eigenvalue weighted by Crippen LogP contribution is -2.37. The van der Waals surface area contributed by atoms with Gasteiger partial charge < -0.3 is 98.7 Å². The fourth-order valence-electron chi connectivity index (χ4n) is 15.9. The summed E-state index contributed by atoms with van der Waals surface area (Å²) in [7, 11) is 0. The maximum atomic E-state index is 12.8. The summed E-state index contributed by atoms with van der Waals surface area (Å²) in [5, 5.41) is 98.3. The van der Waals surface area contributed by atoms with Crippen molar-refractivity contribution in [2.45, 2.75) is 201 Å². The molecule has 0 unspecified atom stereocenters. The molecule has 32 nitrogen and oxygen atoms in total. The van der Waals surface area contributed by atoms with Crippen molar-refractivity contribution in [3.63, 3.8) is 0 Å². The van der Waals surface area contributed by atoms with E-state index in [1.54, 1.807) is 37.8 Å². The fraction of sp³-hybridized carbons (Fsp3) is 0.465. The Hall–Kier alpha value is -12.8. The fourth-order valence-corrected chi connectivity index (χ4v) is 16.3. The number of benzene rings is 4. The van der Waals surface area contributed by atoms with Gasteiger partial charge in [-0.25, -0.2) is 19.2 Å². The van der Waals surface area contributed by atoms with Crippen LogP contribution in [-0.2, 0) is 83.2 Å².